The van der Waals surface area contributed by atoms with E-state index in [2.05, 4.69) is 11.4 Å². The SMILES string of the molecule is COc1cc(OC)c2c(c1)C(C1CCCCC1)NCC2. The molecule has 0 radical (unpaired) electrons. The van der Waals surface area contributed by atoms with E-state index in [1.54, 1.807) is 14.2 Å². The van der Waals surface area contributed by atoms with Gasteiger partial charge in [-0.1, -0.05) is 19.3 Å². The third-order valence-corrected chi connectivity index (χ3v) is 4.87. The van der Waals surface area contributed by atoms with E-state index in [9.17, 15) is 0 Å². The Morgan fingerprint density at radius 2 is 1.85 bits per heavy atom. The summed E-state index contributed by atoms with van der Waals surface area (Å²) in [5.74, 6) is 2.66. The fourth-order valence-corrected chi connectivity index (χ4v) is 3.84. The highest BCUT2D eigenvalue weighted by molar-refractivity contribution is 5.49. The van der Waals surface area contributed by atoms with Crippen molar-refractivity contribution in [2.24, 2.45) is 5.92 Å². The summed E-state index contributed by atoms with van der Waals surface area (Å²) in [5.41, 5.74) is 2.78. The van der Waals surface area contributed by atoms with Gasteiger partial charge in [0.1, 0.15) is 11.5 Å². The quantitative estimate of drug-likeness (QED) is 0.916. The standard InChI is InChI=1S/C17H25NO2/c1-19-13-10-15-14(16(11-13)20-2)8-9-18-17(15)12-6-4-3-5-7-12/h10-12,17-18H,3-9H2,1-2H3. The highest BCUT2D eigenvalue weighted by Crippen LogP contribution is 2.41. The molecule has 1 unspecified atom stereocenters. The molecule has 1 aliphatic carbocycles. The Hall–Kier alpha value is -1.22. The molecule has 1 heterocycles. The molecule has 3 nitrogen and oxygen atoms in total. The molecule has 1 aromatic rings. The summed E-state index contributed by atoms with van der Waals surface area (Å²) < 4.78 is 11.0. The van der Waals surface area contributed by atoms with Gasteiger partial charge >= 0.3 is 0 Å². The highest BCUT2D eigenvalue weighted by atomic mass is 16.5. The van der Waals surface area contributed by atoms with Crippen LogP contribution in [0.2, 0.25) is 0 Å². The first-order valence-electron chi connectivity index (χ1n) is 7.81. The van der Waals surface area contributed by atoms with Crippen LogP contribution in [0.4, 0.5) is 0 Å². The summed E-state index contributed by atoms with van der Waals surface area (Å²) in [5, 5.41) is 3.74. The van der Waals surface area contributed by atoms with Crippen molar-refractivity contribution >= 4 is 0 Å². The van der Waals surface area contributed by atoms with Gasteiger partial charge in [0.2, 0.25) is 0 Å². The van der Waals surface area contributed by atoms with Gasteiger partial charge in [-0.05, 0) is 43.4 Å². The molecule has 1 saturated carbocycles. The molecule has 1 atom stereocenters. The zero-order valence-corrected chi connectivity index (χ0v) is 12.6. The van der Waals surface area contributed by atoms with Crippen molar-refractivity contribution < 1.29 is 9.47 Å². The lowest BCUT2D eigenvalue weighted by atomic mass is 9.78. The van der Waals surface area contributed by atoms with Crippen molar-refractivity contribution in [3.63, 3.8) is 0 Å². The Balaban J connectivity index is 1.97. The minimum absolute atomic E-state index is 0.475. The fourth-order valence-electron chi connectivity index (χ4n) is 3.84. The number of methoxy groups -OCH3 is 2. The van der Waals surface area contributed by atoms with E-state index in [0.29, 0.717) is 6.04 Å². The molecule has 1 N–H and O–H groups in total. The first-order chi connectivity index (χ1) is 9.83. The minimum Gasteiger partial charge on any atom is -0.497 e. The van der Waals surface area contributed by atoms with Gasteiger partial charge in [0, 0.05) is 17.7 Å². The van der Waals surface area contributed by atoms with Crippen LogP contribution in [0.15, 0.2) is 12.1 Å². The largest absolute Gasteiger partial charge is 0.497 e. The van der Waals surface area contributed by atoms with Crippen LogP contribution in [0, 0.1) is 5.92 Å². The molecule has 0 spiro atoms. The van der Waals surface area contributed by atoms with Crippen LogP contribution >= 0.6 is 0 Å². The van der Waals surface area contributed by atoms with Crippen LogP contribution < -0.4 is 14.8 Å². The van der Waals surface area contributed by atoms with Gasteiger partial charge in [-0.3, -0.25) is 0 Å². The maximum Gasteiger partial charge on any atom is 0.126 e. The molecule has 1 aliphatic heterocycles. The first kappa shape index (κ1) is 13.7. The van der Waals surface area contributed by atoms with Crippen LogP contribution in [0.3, 0.4) is 0 Å². The number of hydrogen-bond donors (Lipinski definition) is 1. The number of ether oxygens (including phenoxy) is 2. The van der Waals surface area contributed by atoms with Gasteiger partial charge in [-0.15, -0.1) is 0 Å². The van der Waals surface area contributed by atoms with Crippen LogP contribution in [0.5, 0.6) is 11.5 Å². The van der Waals surface area contributed by atoms with Crippen molar-refractivity contribution in [2.45, 2.75) is 44.6 Å². The summed E-state index contributed by atoms with van der Waals surface area (Å²) in [6.07, 6.45) is 7.88. The summed E-state index contributed by atoms with van der Waals surface area (Å²) in [6, 6.07) is 4.70. The smallest absolute Gasteiger partial charge is 0.126 e. The average Bonchev–Trinajstić information content (AvgIpc) is 2.54. The van der Waals surface area contributed by atoms with Gasteiger partial charge in [0.15, 0.2) is 0 Å². The van der Waals surface area contributed by atoms with E-state index in [1.165, 1.54) is 43.2 Å². The predicted octanol–water partition coefficient (Wildman–Crippen LogP) is 3.47. The number of benzene rings is 1. The zero-order valence-electron chi connectivity index (χ0n) is 12.6. The van der Waals surface area contributed by atoms with E-state index in [-0.39, 0.29) is 0 Å². The van der Waals surface area contributed by atoms with Gasteiger partial charge in [-0.2, -0.15) is 0 Å². The van der Waals surface area contributed by atoms with Crippen molar-refractivity contribution in [3.8, 4) is 11.5 Å². The summed E-state index contributed by atoms with van der Waals surface area (Å²) in [6.45, 7) is 1.05. The Labute approximate surface area is 121 Å². The first-order valence-corrected chi connectivity index (χ1v) is 7.81. The third kappa shape index (κ3) is 2.51. The average molecular weight is 275 g/mol. The molecule has 0 saturated heterocycles. The Morgan fingerprint density at radius 3 is 2.55 bits per heavy atom. The second-order valence-corrected chi connectivity index (χ2v) is 5.98. The maximum absolute atomic E-state index is 5.58. The van der Waals surface area contributed by atoms with Gasteiger partial charge in [-0.25, -0.2) is 0 Å². The van der Waals surface area contributed by atoms with Crippen LogP contribution in [0.25, 0.3) is 0 Å². The Morgan fingerprint density at radius 1 is 1.05 bits per heavy atom. The second kappa shape index (κ2) is 6.04. The second-order valence-electron chi connectivity index (χ2n) is 5.98. The van der Waals surface area contributed by atoms with Crippen LogP contribution in [-0.2, 0) is 6.42 Å². The lowest BCUT2D eigenvalue weighted by molar-refractivity contribution is 0.262. The van der Waals surface area contributed by atoms with E-state index in [0.717, 1.165) is 30.4 Å². The molecule has 3 heteroatoms. The lowest BCUT2D eigenvalue weighted by Crippen LogP contribution is -2.35. The van der Waals surface area contributed by atoms with Crippen LogP contribution in [-0.4, -0.2) is 20.8 Å². The molecule has 0 bridgehead atoms. The third-order valence-electron chi connectivity index (χ3n) is 4.87. The molecule has 3 rings (SSSR count). The van der Waals surface area contributed by atoms with Gasteiger partial charge in [0.25, 0.3) is 0 Å². The molecule has 0 amide bonds. The summed E-state index contributed by atoms with van der Waals surface area (Å²) >= 11 is 0. The molecule has 20 heavy (non-hydrogen) atoms. The normalized spacial score (nSPS) is 23.2. The number of rotatable bonds is 3. The summed E-state index contributed by atoms with van der Waals surface area (Å²) in [7, 11) is 3.49. The molecular weight excluding hydrogens is 250 g/mol. The minimum atomic E-state index is 0.475. The van der Waals surface area contributed by atoms with Crippen LogP contribution in [0.1, 0.15) is 49.3 Å². The van der Waals surface area contributed by atoms with Crippen molar-refractivity contribution in [1.82, 2.24) is 5.32 Å². The fraction of sp³-hybridized carbons (Fsp3) is 0.647. The molecule has 1 aromatic carbocycles. The molecule has 110 valence electrons. The van der Waals surface area contributed by atoms with Gasteiger partial charge < -0.3 is 14.8 Å². The topological polar surface area (TPSA) is 30.5 Å². The monoisotopic (exact) mass is 275 g/mol. The Bertz CT molecular complexity index is 466. The van der Waals surface area contributed by atoms with Crippen molar-refractivity contribution in [2.75, 3.05) is 20.8 Å². The molecule has 1 fully saturated rings. The molecule has 2 aliphatic rings. The number of fused-ring (bicyclic) bond motifs is 1. The summed E-state index contributed by atoms with van der Waals surface area (Å²) in [4.78, 5) is 0. The van der Waals surface area contributed by atoms with Gasteiger partial charge in [0.05, 0.1) is 14.2 Å². The van der Waals surface area contributed by atoms with E-state index >= 15 is 0 Å². The zero-order chi connectivity index (χ0) is 13.9. The van der Waals surface area contributed by atoms with Crippen molar-refractivity contribution in [3.05, 3.63) is 23.3 Å². The lowest BCUT2D eigenvalue weighted by Gasteiger charge is -2.36. The van der Waals surface area contributed by atoms with E-state index in [1.807, 2.05) is 6.07 Å². The van der Waals surface area contributed by atoms with E-state index < -0.39 is 0 Å². The Kier molecular flexibility index (Phi) is 4.16. The number of hydrogen-bond acceptors (Lipinski definition) is 3. The maximum atomic E-state index is 5.58. The molecular formula is C17H25NO2. The molecule has 0 aromatic heterocycles. The predicted molar refractivity (Wildman–Crippen MR) is 80.6 cm³/mol. The number of nitrogens with one attached hydrogen (secondary N) is 1. The van der Waals surface area contributed by atoms with E-state index in [4.69, 9.17) is 9.47 Å². The van der Waals surface area contributed by atoms with Crippen molar-refractivity contribution in [1.29, 1.82) is 0 Å². The highest BCUT2D eigenvalue weighted by Gasteiger charge is 2.30.